The van der Waals surface area contributed by atoms with Gasteiger partial charge in [-0.2, -0.15) is 12.6 Å². The minimum Gasteiger partial charge on any atom is -0.326 e. The Hall–Kier alpha value is -0.550. The number of hydrogen-bond donors (Lipinski definition) is 2. The van der Waals surface area contributed by atoms with E-state index in [-0.39, 0.29) is 0 Å². The Morgan fingerprint density at radius 2 is 2.25 bits per heavy atom. The van der Waals surface area contributed by atoms with E-state index in [0.717, 1.165) is 21.7 Å². The smallest absolute Gasteiger partial charge is 0.0851 e. The molecule has 84 valence electrons. The molecule has 0 aliphatic rings. The Labute approximate surface area is 109 Å². The average Bonchev–Trinajstić information content (AvgIpc) is 2.78. The molecule has 0 aliphatic heterocycles. The first-order chi connectivity index (χ1) is 7.76. The van der Waals surface area contributed by atoms with Gasteiger partial charge < -0.3 is 5.73 Å². The lowest BCUT2D eigenvalue weighted by molar-refractivity contribution is 1.07. The van der Waals surface area contributed by atoms with Crippen molar-refractivity contribution in [2.24, 2.45) is 5.73 Å². The highest BCUT2D eigenvalue weighted by atomic mass is 35.5. The van der Waals surface area contributed by atoms with Gasteiger partial charge in [-0.05, 0) is 17.7 Å². The second-order valence-electron chi connectivity index (χ2n) is 3.29. The molecule has 1 aromatic heterocycles. The zero-order valence-electron chi connectivity index (χ0n) is 8.48. The van der Waals surface area contributed by atoms with E-state index in [2.05, 4.69) is 17.6 Å². The molecule has 2 rings (SSSR count). The lowest BCUT2D eigenvalue weighted by Gasteiger charge is -2.05. The summed E-state index contributed by atoms with van der Waals surface area (Å²) in [6.45, 7) is 0.438. The van der Waals surface area contributed by atoms with E-state index in [1.807, 2.05) is 23.7 Å². The molecule has 2 nitrogen and oxygen atoms in total. The summed E-state index contributed by atoms with van der Waals surface area (Å²) in [5.74, 6) is 0.695. The Kier molecular flexibility index (Phi) is 3.86. The number of hydrogen-bond acceptors (Lipinski definition) is 4. The molecule has 0 saturated heterocycles. The Bertz CT molecular complexity index is 496. The first-order valence-electron chi connectivity index (χ1n) is 4.78. The van der Waals surface area contributed by atoms with Crippen molar-refractivity contribution < 1.29 is 0 Å². The van der Waals surface area contributed by atoms with E-state index in [4.69, 9.17) is 17.3 Å². The molecule has 0 fully saturated rings. The van der Waals surface area contributed by atoms with E-state index in [9.17, 15) is 0 Å². The highest BCUT2D eigenvalue weighted by molar-refractivity contribution is 7.79. The summed E-state index contributed by atoms with van der Waals surface area (Å²) in [4.78, 5) is 5.51. The molecule has 2 aromatic rings. The average molecular weight is 271 g/mol. The van der Waals surface area contributed by atoms with Crippen molar-refractivity contribution >= 4 is 35.6 Å². The van der Waals surface area contributed by atoms with E-state index in [1.165, 1.54) is 0 Å². The van der Waals surface area contributed by atoms with Crippen molar-refractivity contribution in [3.05, 3.63) is 39.2 Å². The lowest BCUT2D eigenvalue weighted by atomic mass is 10.1. The van der Waals surface area contributed by atoms with Crippen LogP contribution >= 0.6 is 35.6 Å². The fourth-order valence-electron chi connectivity index (χ4n) is 1.50. The summed E-state index contributed by atoms with van der Waals surface area (Å²) in [6.07, 6.45) is 0. The van der Waals surface area contributed by atoms with Crippen LogP contribution in [0.1, 0.15) is 10.4 Å². The van der Waals surface area contributed by atoms with Crippen LogP contribution in [-0.4, -0.2) is 4.98 Å². The zero-order valence-corrected chi connectivity index (χ0v) is 10.9. The molecule has 0 unspecified atom stereocenters. The normalized spacial score (nSPS) is 10.7. The number of nitrogens with zero attached hydrogens (tertiary/aromatic N) is 1. The third-order valence-corrected chi connectivity index (χ3v) is 4.06. The van der Waals surface area contributed by atoms with Crippen LogP contribution in [0.5, 0.6) is 0 Å². The van der Waals surface area contributed by atoms with Crippen molar-refractivity contribution in [1.82, 2.24) is 4.98 Å². The molecular weight excluding hydrogens is 260 g/mol. The molecule has 1 aromatic carbocycles. The summed E-state index contributed by atoms with van der Waals surface area (Å²) in [7, 11) is 0. The number of thiol groups is 1. The quantitative estimate of drug-likeness (QED) is 0.840. The summed E-state index contributed by atoms with van der Waals surface area (Å²) >= 11 is 11.9. The predicted octanol–water partition coefficient (Wildman–Crippen LogP) is 3.35. The first-order valence-corrected chi connectivity index (χ1v) is 6.67. The molecule has 0 bridgehead atoms. The second kappa shape index (κ2) is 5.19. The highest BCUT2D eigenvalue weighted by Crippen LogP contribution is 2.29. The van der Waals surface area contributed by atoms with Gasteiger partial charge in [-0.1, -0.05) is 17.7 Å². The van der Waals surface area contributed by atoms with Gasteiger partial charge in [-0.25, -0.2) is 4.98 Å². The molecule has 2 N–H and O–H groups in total. The van der Waals surface area contributed by atoms with Gasteiger partial charge in [0.15, 0.2) is 0 Å². The van der Waals surface area contributed by atoms with Crippen LogP contribution in [0.15, 0.2) is 23.7 Å². The second-order valence-corrected chi connectivity index (χ2v) is 4.96. The van der Waals surface area contributed by atoms with Crippen LogP contribution in [0, 0.1) is 0 Å². The zero-order chi connectivity index (χ0) is 11.5. The third kappa shape index (κ3) is 2.25. The van der Waals surface area contributed by atoms with Crippen molar-refractivity contribution in [1.29, 1.82) is 0 Å². The first kappa shape index (κ1) is 11.9. The SMILES string of the molecule is NCc1cc(-c2ncsc2CS)ccc1Cl. The largest absolute Gasteiger partial charge is 0.326 e. The lowest BCUT2D eigenvalue weighted by Crippen LogP contribution is -1.97. The maximum atomic E-state index is 6.02. The molecule has 0 spiro atoms. The standard InChI is InChI=1S/C11H11ClN2S2/c12-9-2-1-7(3-8(9)4-13)11-10(5-15)16-6-14-11/h1-3,6,15H,4-5,13H2. The van der Waals surface area contributed by atoms with Gasteiger partial charge in [-0.3, -0.25) is 0 Å². The van der Waals surface area contributed by atoms with Gasteiger partial charge in [0.05, 0.1) is 11.2 Å². The minimum atomic E-state index is 0.438. The highest BCUT2D eigenvalue weighted by Gasteiger charge is 2.09. The number of aromatic nitrogens is 1. The minimum absolute atomic E-state index is 0.438. The molecule has 1 heterocycles. The number of thiazole rings is 1. The van der Waals surface area contributed by atoms with Gasteiger partial charge >= 0.3 is 0 Å². The molecule has 5 heteroatoms. The monoisotopic (exact) mass is 270 g/mol. The summed E-state index contributed by atoms with van der Waals surface area (Å²) in [6, 6.07) is 5.81. The van der Waals surface area contributed by atoms with Gasteiger partial charge in [0, 0.05) is 27.8 Å². The van der Waals surface area contributed by atoms with Crippen molar-refractivity contribution in [2.75, 3.05) is 0 Å². The fraction of sp³-hybridized carbons (Fsp3) is 0.182. The predicted molar refractivity (Wildman–Crippen MR) is 73.1 cm³/mol. The molecule has 0 amide bonds. The molecule has 0 atom stereocenters. The Morgan fingerprint density at radius 1 is 1.44 bits per heavy atom. The van der Waals surface area contributed by atoms with Gasteiger partial charge in [-0.15, -0.1) is 11.3 Å². The van der Waals surface area contributed by atoms with Crippen molar-refractivity contribution in [3.8, 4) is 11.3 Å². The van der Waals surface area contributed by atoms with E-state index in [0.29, 0.717) is 17.3 Å². The molecular formula is C11H11ClN2S2. The van der Waals surface area contributed by atoms with E-state index < -0.39 is 0 Å². The maximum Gasteiger partial charge on any atom is 0.0851 e. The van der Waals surface area contributed by atoms with Crippen LogP contribution in [0.25, 0.3) is 11.3 Å². The topological polar surface area (TPSA) is 38.9 Å². The Balaban J connectivity index is 2.48. The van der Waals surface area contributed by atoms with Crippen LogP contribution in [0.4, 0.5) is 0 Å². The van der Waals surface area contributed by atoms with Crippen LogP contribution < -0.4 is 5.73 Å². The van der Waals surface area contributed by atoms with Crippen LogP contribution in [0.3, 0.4) is 0 Å². The van der Waals surface area contributed by atoms with Gasteiger partial charge in [0.1, 0.15) is 0 Å². The van der Waals surface area contributed by atoms with E-state index in [1.54, 1.807) is 11.3 Å². The molecule has 0 saturated carbocycles. The number of halogens is 1. The van der Waals surface area contributed by atoms with Gasteiger partial charge in [0.2, 0.25) is 0 Å². The number of rotatable bonds is 3. The van der Waals surface area contributed by atoms with Crippen LogP contribution in [-0.2, 0) is 12.3 Å². The summed E-state index contributed by atoms with van der Waals surface area (Å²) in [5.41, 5.74) is 10.4. The molecule has 0 radical (unpaired) electrons. The Morgan fingerprint density at radius 3 is 2.94 bits per heavy atom. The molecule has 0 aliphatic carbocycles. The molecule has 16 heavy (non-hydrogen) atoms. The number of benzene rings is 1. The maximum absolute atomic E-state index is 6.02. The summed E-state index contributed by atoms with van der Waals surface area (Å²) in [5, 5.41) is 0.703. The van der Waals surface area contributed by atoms with Crippen LogP contribution in [0.2, 0.25) is 5.02 Å². The summed E-state index contributed by atoms with van der Waals surface area (Å²) < 4.78 is 0. The number of nitrogens with two attached hydrogens (primary N) is 1. The van der Waals surface area contributed by atoms with Crippen molar-refractivity contribution in [2.45, 2.75) is 12.3 Å². The third-order valence-electron chi connectivity index (χ3n) is 2.32. The van der Waals surface area contributed by atoms with Crippen molar-refractivity contribution in [3.63, 3.8) is 0 Å². The fourth-order valence-corrected chi connectivity index (χ4v) is 2.71. The van der Waals surface area contributed by atoms with Gasteiger partial charge in [0.25, 0.3) is 0 Å². The van der Waals surface area contributed by atoms with E-state index >= 15 is 0 Å².